The summed E-state index contributed by atoms with van der Waals surface area (Å²) in [7, 11) is 0. The Hall–Kier alpha value is -2.41. The molecule has 0 amide bonds. The number of nitriles is 1. The van der Waals surface area contributed by atoms with E-state index in [1.54, 1.807) is 0 Å². The number of rotatable bonds is 3. The van der Waals surface area contributed by atoms with Crippen LogP contribution in [0.2, 0.25) is 0 Å². The van der Waals surface area contributed by atoms with Crippen LogP contribution in [0.25, 0.3) is 16.7 Å². The summed E-state index contributed by atoms with van der Waals surface area (Å²) in [6.07, 6.45) is 13.8. The fourth-order valence-electron chi connectivity index (χ4n) is 5.10. The molecule has 1 unspecified atom stereocenters. The largest absolute Gasteiger partial charge is 0.264 e. The van der Waals surface area contributed by atoms with Gasteiger partial charge in [0.05, 0.1) is 36.1 Å². The number of allylic oxidation sites excluding steroid dienone is 2. The molecular weight excluding hydrogens is 308 g/mol. The van der Waals surface area contributed by atoms with E-state index < -0.39 is 0 Å². The molecule has 2 aromatic rings. The third-order valence-electron chi connectivity index (χ3n) is 6.29. The van der Waals surface area contributed by atoms with Crippen LogP contribution in [-0.4, -0.2) is 14.8 Å². The molecular formula is C21H22N4. The van der Waals surface area contributed by atoms with E-state index in [-0.39, 0.29) is 6.04 Å². The van der Waals surface area contributed by atoms with E-state index in [9.17, 15) is 5.26 Å². The molecule has 0 saturated heterocycles. The van der Waals surface area contributed by atoms with Gasteiger partial charge in [0.25, 0.3) is 0 Å². The van der Waals surface area contributed by atoms with Gasteiger partial charge in [0.1, 0.15) is 0 Å². The summed E-state index contributed by atoms with van der Waals surface area (Å²) in [6.45, 7) is 2.15. The Morgan fingerprint density at radius 3 is 2.92 bits per heavy atom. The smallest absolute Gasteiger partial charge is 0.0680 e. The fourth-order valence-corrected chi connectivity index (χ4v) is 5.10. The van der Waals surface area contributed by atoms with Crippen molar-refractivity contribution in [1.82, 2.24) is 14.8 Å². The van der Waals surface area contributed by atoms with Crippen molar-refractivity contribution < 1.29 is 0 Å². The Kier molecular flexibility index (Phi) is 3.31. The van der Waals surface area contributed by atoms with E-state index >= 15 is 0 Å². The molecule has 126 valence electrons. The number of aromatic nitrogens is 3. The molecule has 1 fully saturated rings. The van der Waals surface area contributed by atoms with Crippen molar-refractivity contribution >= 4 is 5.57 Å². The maximum absolute atomic E-state index is 9.40. The Morgan fingerprint density at radius 1 is 1.28 bits per heavy atom. The van der Waals surface area contributed by atoms with Crippen LogP contribution in [0.3, 0.4) is 0 Å². The van der Waals surface area contributed by atoms with Gasteiger partial charge in [-0.2, -0.15) is 10.4 Å². The predicted molar refractivity (Wildman–Crippen MR) is 96.8 cm³/mol. The number of hydrogen-bond donors (Lipinski definition) is 0. The summed E-state index contributed by atoms with van der Waals surface area (Å²) in [5, 5.41) is 14.2. The first-order valence-corrected chi connectivity index (χ1v) is 9.39. The van der Waals surface area contributed by atoms with Gasteiger partial charge in [-0.3, -0.25) is 9.67 Å². The number of nitrogens with zero attached hydrogens (tertiary/aromatic N) is 4. The normalized spacial score (nSPS) is 19.3. The molecule has 4 nitrogen and oxygen atoms in total. The van der Waals surface area contributed by atoms with E-state index in [4.69, 9.17) is 5.10 Å². The first-order valence-electron chi connectivity index (χ1n) is 9.39. The summed E-state index contributed by atoms with van der Waals surface area (Å²) in [6, 6.07) is 2.64. The number of fused-ring (bicyclic) bond motifs is 2. The second-order valence-corrected chi connectivity index (χ2v) is 7.67. The van der Waals surface area contributed by atoms with Crippen molar-refractivity contribution in [3.8, 4) is 17.2 Å². The molecule has 0 aliphatic heterocycles. The molecule has 4 heteroatoms. The van der Waals surface area contributed by atoms with Crippen molar-refractivity contribution in [3.05, 3.63) is 41.0 Å². The first kappa shape index (κ1) is 14.9. The van der Waals surface area contributed by atoms with E-state index in [0.717, 1.165) is 12.8 Å². The summed E-state index contributed by atoms with van der Waals surface area (Å²) in [4.78, 5) is 4.64. The minimum atomic E-state index is 0.224. The lowest BCUT2D eigenvalue weighted by Gasteiger charge is -2.27. The van der Waals surface area contributed by atoms with Crippen molar-refractivity contribution in [3.63, 3.8) is 0 Å². The lowest BCUT2D eigenvalue weighted by molar-refractivity contribution is 0.309. The minimum absolute atomic E-state index is 0.224. The Labute approximate surface area is 148 Å². The third-order valence-corrected chi connectivity index (χ3v) is 6.29. The van der Waals surface area contributed by atoms with Crippen LogP contribution >= 0.6 is 0 Å². The fraction of sp³-hybridized carbons (Fsp3) is 0.476. The molecule has 2 heterocycles. The van der Waals surface area contributed by atoms with Gasteiger partial charge in [0, 0.05) is 30.2 Å². The number of hydrogen-bond acceptors (Lipinski definition) is 3. The average Bonchev–Trinajstić information content (AvgIpc) is 3.35. The molecule has 0 radical (unpaired) electrons. The van der Waals surface area contributed by atoms with Gasteiger partial charge >= 0.3 is 0 Å². The molecule has 0 spiro atoms. The summed E-state index contributed by atoms with van der Waals surface area (Å²) in [5.41, 5.74) is 9.07. The van der Waals surface area contributed by atoms with Gasteiger partial charge in [-0.25, -0.2) is 0 Å². The Balaban J connectivity index is 1.66. The molecule has 1 atom stereocenters. The molecule has 3 aliphatic rings. The third kappa shape index (κ3) is 2.12. The van der Waals surface area contributed by atoms with Gasteiger partial charge in [-0.15, -0.1) is 0 Å². The van der Waals surface area contributed by atoms with Gasteiger partial charge in [-0.05, 0) is 42.4 Å². The lowest BCUT2D eigenvalue weighted by Crippen LogP contribution is -2.21. The summed E-state index contributed by atoms with van der Waals surface area (Å²) >= 11 is 0. The van der Waals surface area contributed by atoms with E-state index in [1.165, 1.54) is 64.9 Å². The zero-order valence-corrected chi connectivity index (χ0v) is 14.6. The minimum Gasteiger partial charge on any atom is -0.264 e. The first-order chi connectivity index (χ1) is 12.3. The average molecular weight is 330 g/mol. The summed E-state index contributed by atoms with van der Waals surface area (Å²) < 4.78 is 2.20. The SMILES string of the molecule is Cc1cnc2c3c1-c1cnn(C(CC#N)C4CCCC4)c1CC3=CC2. The molecule has 0 bridgehead atoms. The quantitative estimate of drug-likeness (QED) is 0.838. The standard InChI is InChI=1S/C21H22N4/c1-13-11-23-17-7-6-15-10-19-16(20(13)21(15)17)12-24-25(19)18(8-9-22)14-4-2-3-5-14/h6,11-12,14,18H,2-5,7-8,10H2,1H3. The van der Waals surface area contributed by atoms with E-state index in [1.807, 2.05) is 12.4 Å². The topological polar surface area (TPSA) is 54.5 Å². The molecule has 5 rings (SSSR count). The zero-order valence-electron chi connectivity index (χ0n) is 14.6. The second-order valence-electron chi connectivity index (χ2n) is 7.67. The molecule has 0 N–H and O–H groups in total. The predicted octanol–water partition coefficient (Wildman–Crippen LogP) is 4.39. The Bertz CT molecular complexity index is 922. The van der Waals surface area contributed by atoms with Crippen LogP contribution in [0.1, 0.15) is 60.7 Å². The Morgan fingerprint density at radius 2 is 2.12 bits per heavy atom. The van der Waals surface area contributed by atoms with Crippen LogP contribution in [-0.2, 0) is 12.8 Å². The van der Waals surface area contributed by atoms with Gasteiger partial charge in [0.15, 0.2) is 0 Å². The second kappa shape index (κ2) is 5.56. The van der Waals surface area contributed by atoms with Crippen LogP contribution < -0.4 is 0 Å². The van der Waals surface area contributed by atoms with Gasteiger partial charge in [0.2, 0.25) is 0 Å². The van der Waals surface area contributed by atoms with E-state index in [2.05, 4.69) is 28.7 Å². The van der Waals surface area contributed by atoms with Crippen molar-refractivity contribution in [2.45, 2.75) is 57.9 Å². The highest BCUT2D eigenvalue weighted by Gasteiger charge is 2.34. The molecule has 25 heavy (non-hydrogen) atoms. The van der Waals surface area contributed by atoms with Crippen molar-refractivity contribution in [1.29, 1.82) is 5.26 Å². The molecule has 3 aliphatic carbocycles. The number of aryl methyl sites for hydroxylation is 1. The molecule has 0 aromatic carbocycles. The van der Waals surface area contributed by atoms with Crippen molar-refractivity contribution in [2.75, 3.05) is 0 Å². The van der Waals surface area contributed by atoms with Gasteiger partial charge < -0.3 is 0 Å². The maximum atomic E-state index is 9.40. The van der Waals surface area contributed by atoms with Crippen LogP contribution in [0.15, 0.2) is 18.5 Å². The van der Waals surface area contributed by atoms with Crippen LogP contribution in [0.4, 0.5) is 0 Å². The highest BCUT2D eigenvalue weighted by Crippen LogP contribution is 2.46. The van der Waals surface area contributed by atoms with Gasteiger partial charge in [-0.1, -0.05) is 18.9 Å². The molecule has 2 aromatic heterocycles. The molecule has 1 saturated carbocycles. The lowest BCUT2D eigenvalue weighted by atomic mass is 9.85. The number of pyridine rings is 1. The highest BCUT2D eigenvalue weighted by atomic mass is 15.3. The van der Waals surface area contributed by atoms with Crippen LogP contribution in [0, 0.1) is 24.2 Å². The monoisotopic (exact) mass is 330 g/mol. The van der Waals surface area contributed by atoms with Crippen LogP contribution in [0.5, 0.6) is 0 Å². The summed E-state index contributed by atoms with van der Waals surface area (Å²) in [5.74, 6) is 0.594. The van der Waals surface area contributed by atoms with E-state index in [0.29, 0.717) is 12.3 Å². The zero-order chi connectivity index (χ0) is 17.0. The highest BCUT2D eigenvalue weighted by molar-refractivity contribution is 5.92. The maximum Gasteiger partial charge on any atom is 0.0680 e. The van der Waals surface area contributed by atoms with Crippen molar-refractivity contribution in [2.24, 2.45) is 5.92 Å².